The molecule has 3 rings (SSSR count). The van der Waals surface area contributed by atoms with Gasteiger partial charge in [-0.1, -0.05) is 39.7 Å². The predicted molar refractivity (Wildman–Crippen MR) is 127 cm³/mol. The number of halogens is 5. The Hall–Kier alpha value is -3.62. The molecular formula is C24H15BrClF3N2O5. The monoisotopic (exact) mass is 582 g/mol. The van der Waals surface area contributed by atoms with E-state index in [1.807, 2.05) is 6.07 Å². The summed E-state index contributed by atoms with van der Waals surface area (Å²) in [4.78, 5) is 23.3. The largest absolute Gasteiger partial charge is 0.486 e. The van der Waals surface area contributed by atoms with E-state index in [4.69, 9.17) is 21.1 Å². The van der Waals surface area contributed by atoms with Crippen LogP contribution in [0.4, 0.5) is 18.9 Å². The summed E-state index contributed by atoms with van der Waals surface area (Å²) in [5.41, 5.74) is -0.889. The average molecular weight is 584 g/mol. The SMILES string of the molecule is N#CC(C(=O)CCOc1cc(Oc2ccc(C(F)(F)F)cc2Cl)ccc1[N+](=O)[O-])c1cccc(Br)c1. The van der Waals surface area contributed by atoms with Crippen LogP contribution in [0.1, 0.15) is 23.5 Å². The van der Waals surface area contributed by atoms with Crippen LogP contribution in [0.5, 0.6) is 17.2 Å². The fraction of sp³-hybridized carbons (Fsp3) is 0.167. The number of ether oxygens (including phenoxy) is 2. The molecule has 0 saturated heterocycles. The molecule has 1 atom stereocenters. The number of hydrogen-bond donors (Lipinski definition) is 0. The Bertz CT molecular complexity index is 1340. The molecule has 0 spiro atoms. The van der Waals surface area contributed by atoms with Gasteiger partial charge in [-0.25, -0.2) is 0 Å². The maximum Gasteiger partial charge on any atom is 0.416 e. The van der Waals surface area contributed by atoms with Gasteiger partial charge in [0.05, 0.1) is 28.2 Å². The standard InChI is InChI=1S/C24H15BrClF3N2O5/c25-16-3-1-2-14(10-16)18(13-30)21(32)8-9-35-23-12-17(5-6-20(23)31(33)34)36-22-7-4-15(11-19(22)26)24(27,28)29/h1-7,10-12,18H,8-9H2. The van der Waals surface area contributed by atoms with Crippen LogP contribution < -0.4 is 9.47 Å². The van der Waals surface area contributed by atoms with Gasteiger partial charge in [-0.15, -0.1) is 0 Å². The molecule has 0 heterocycles. The quantitative estimate of drug-likeness (QED) is 0.191. The zero-order chi connectivity index (χ0) is 26.5. The molecule has 1 unspecified atom stereocenters. The van der Waals surface area contributed by atoms with E-state index in [2.05, 4.69) is 15.9 Å². The van der Waals surface area contributed by atoms with Crippen LogP contribution >= 0.6 is 27.5 Å². The van der Waals surface area contributed by atoms with Gasteiger partial charge in [0.2, 0.25) is 5.75 Å². The molecule has 0 aliphatic carbocycles. The lowest BCUT2D eigenvalue weighted by atomic mass is 9.95. The first-order valence-electron chi connectivity index (χ1n) is 10.1. The number of carbonyl (C=O) groups excluding carboxylic acids is 1. The van der Waals surface area contributed by atoms with Gasteiger partial charge in [0.25, 0.3) is 0 Å². The molecule has 0 amide bonds. The summed E-state index contributed by atoms with van der Waals surface area (Å²) in [5, 5.41) is 20.5. The Labute approximate surface area is 216 Å². The molecule has 0 fully saturated rings. The van der Waals surface area contributed by atoms with E-state index >= 15 is 0 Å². The Morgan fingerprint density at radius 3 is 2.50 bits per heavy atom. The van der Waals surface area contributed by atoms with Crippen molar-refractivity contribution in [2.24, 2.45) is 0 Å². The lowest BCUT2D eigenvalue weighted by Crippen LogP contribution is -2.14. The highest BCUT2D eigenvalue weighted by atomic mass is 79.9. The second-order valence-electron chi connectivity index (χ2n) is 7.31. The molecule has 0 bridgehead atoms. The predicted octanol–water partition coefficient (Wildman–Crippen LogP) is 7.47. The van der Waals surface area contributed by atoms with E-state index in [1.54, 1.807) is 24.3 Å². The smallest absolute Gasteiger partial charge is 0.416 e. The average Bonchev–Trinajstić information content (AvgIpc) is 2.80. The second-order valence-corrected chi connectivity index (χ2v) is 8.64. The van der Waals surface area contributed by atoms with Crippen molar-refractivity contribution < 1.29 is 32.4 Å². The highest BCUT2D eigenvalue weighted by Gasteiger charge is 2.31. The minimum atomic E-state index is -4.59. The van der Waals surface area contributed by atoms with Gasteiger partial charge in [0, 0.05) is 23.0 Å². The highest BCUT2D eigenvalue weighted by molar-refractivity contribution is 9.10. The zero-order valence-electron chi connectivity index (χ0n) is 18.1. The van der Waals surface area contributed by atoms with Crippen molar-refractivity contribution in [2.75, 3.05) is 6.61 Å². The van der Waals surface area contributed by atoms with Crippen LogP contribution in [0.25, 0.3) is 0 Å². The van der Waals surface area contributed by atoms with E-state index in [1.165, 1.54) is 6.07 Å². The summed E-state index contributed by atoms with van der Waals surface area (Å²) in [6.07, 6.45) is -4.80. The van der Waals surface area contributed by atoms with Crippen molar-refractivity contribution in [1.29, 1.82) is 5.26 Å². The van der Waals surface area contributed by atoms with Crippen LogP contribution in [0.15, 0.2) is 65.1 Å². The first-order chi connectivity index (χ1) is 17.0. The maximum atomic E-state index is 12.8. The van der Waals surface area contributed by atoms with Crippen LogP contribution in [0, 0.1) is 21.4 Å². The van der Waals surface area contributed by atoms with Gasteiger partial charge in [-0.05, 0) is 42.0 Å². The molecule has 3 aromatic rings. The van der Waals surface area contributed by atoms with E-state index in [-0.39, 0.29) is 35.3 Å². The molecule has 0 aliphatic rings. The molecule has 0 radical (unpaired) electrons. The van der Waals surface area contributed by atoms with Gasteiger partial charge >= 0.3 is 11.9 Å². The Morgan fingerprint density at radius 1 is 1.14 bits per heavy atom. The number of alkyl halides is 3. The topological polar surface area (TPSA) is 102 Å². The molecule has 12 heteroatoms. The number of nitriles is 1. The third-order valence-corrected chi connectivity index (χ3v) is 5.64. The number of nitro benzene ring substituents is 1. The van der Waals surface area contributed by atoms with Crippen molar-refractivity contribution in [3.8, 4) is 23.3 Å². The maximum absolute atomic E-state index is 12.8. The van der Waals surface area contributed by atoms with Gasteiger partial charge in [0.15, 0.2) is 5.78 Å². The van der Waals surface area contributed by atoms with Crippen molar-refractivity contribution in [2.45, 2.75) is 18.5 Å². The summed E-state index contributed by atoms with van der Waals surface area (Å²) in [6, 6.07) is 14.6. The van der Waals surface area contributed by atoms with Crippen LogP contribution in [0.3, 0.4) is 0 Å². The van der Waals surface area contributed by atoms with Crippen LogP contribution in [-0.2, 0) is 11.0 Å². The number of nitrogens with zero attached hydrogens (tertiary/aromatic N) is 2. The molecule has 0 saturated carbocycles. The first-order valence-corrected chi connectivity index (χ1v) is 11.3. The molecule has 0 aromatic heterocycles. The zero-order valence-corrected chi connectivity index (χ0v) is 20.4. The summed E-state index contributed by atoms with van der Waals surface area (Å²) >= 11 is 9.18. The fourth-order valence-corrected chi connectivity index (χ4v) is 3.77. The number of carbonyl (C=O) groups is 1. The molecule has 7 nitrogen and oxygen atoms in total. The van der Waals surface area contributed by atoms with Gasteiger partial charge in [-0.2, -0.15) is 18.4 Å². The highest BCUT2D eigenvalue weighted by Crippen LogP contribution is 2.38. The molecule has 36 heavy (non-hydrogen) atoms. The van der Waals surface area contributed by atoms with Crippen molar-refractivity contribution in [1.82, 2.24) is 0 Å². The van der Waals surface area contributed by atoms with Crippen molar-refractivity contribution in [3.63, 3.8) is 0 Å². The minimum Gasteiger partial charge on any atom is -0.486 e. The summed E-state index contributed by atoms with van der Waals surface area (Å²) in [7, 11) is 0. The Balaban J connectivity index is 1.74. The first kappa shape index (κ1) is 27.0. The number of rotatable bonds is 9. The Kier molecular flexibility index (Phi) is 8.55. The summed E-state index contributed by atoms with van der Waals surface area (Å²) in [5.74, 6) is -1.82. The third kappa shape index (κ3) is 6.74. The fourth-order valence-electron chi connectivity index (χ4n) is 3.14. The van der Waals surface area contributed by atoms with Crippen LogP contribution in [-0.4, -0.2) is 17.3 Å². The van der Waals surface area contributed by atoms with Gasteiger partial charge in [-0.3, -0.25) is 14.9 Å². The van der Waals surface area contributed by atoms with Gasteiger partial charge < -0.3 is 9.47 Å². The van der Waals surface area contributed by atoms with E-state index in [0.29, 0.717) is 16.1 Å². The third-order valence-electron chi connectivity index (χ3n) is 4.85. The molecule has 186 valence electrons. The van der Waals surface area contributed by atoms with Gasteiger partial charge in [0.1, 0.15) is 17.4 Å². The minimum absolute atomic E-state index is 0.00706. The molecule has 0 aliphatic heterocycles. The molecule has 3 aromatic carbocycles. The number of ketones is 1. The lowest BCUT2D eigenvalue weighted by Gasteiger charge is -2.13. The van der Waals surface area contributed by atoms with Crippen LogP contribution in [0.2, 0.25) is 5.02 Å². The lowest BCUT2D eigenvalue weighted by molar-refractivity contribution is -0.385. The van der Waals surface area contributed by atoms with E-state index < -0.39 is 34.1 Å². The van der Waals surface area contributed by atoms with E-state index in [9.17, 15) is 33.3 Å². The second kappa shape index (κ2) is 11.4. The number of Topliss-reactive ketones (excluding diaryl/α,β-unsaturated/α-hetero) is 1. The number of benzene rings is 3. The van der Waals surface area contributed by atoms with E-state index in [0.717, 1.165) is 24.3 Å². The van der Waals surface area contributed by atoms with Crippen molar-refractivity contribution in [3.05, 3.63) is 91.4 Å². The molecular weight excluding hydrogens is 569 g/mol. The number of nitro groups is 1. The summed E-state index contributed by atoms with van der Waals surface area (Å²) < 4.78 is 50.2. The van der Waals surface area contributed by atoms with Crippen molar-refractivity contribution >= 4 is 39.0 Å². The number of hydrogen-bond acceptors (Lipinski definition) is 6. The normalized spacial score (nSPS) is 11.9. The summed E-state index contributed by atoms with van der Waals surface area (Å²) in [6.45, 7) is -0.268. The molecule has 0 N–H and O–H groups in total. The Morgan fingerprint density at radius 2 is 1.89 bits per heavy atom.